The molecule has 113 heavy (non-hydrogen) atoms. The summed E-state index contributed by atoms with van der Waals surface area (Å²) in [5.74, 6) is -8.43. The Balaban J connectivity index is 1.07. The average molecular weight is 1660 g/mol. The van der Waals surface area contributed by atoms with Gasteiger partial charge in [0.15, 0.2) is 50.3 Å². The highest BCUT2D eigenvalue weighted by Gasteiger charge is 2.62. The second-order valence-electron chi connectivity index (χ2n) is 28.9. The van der Waals surface area contributed by atoms with Crippen molar-refractivity contribution in [3.8, 4) is 0 Å². The van der Waals surface area contributed by atoms with Gasteiger partial charge < -0.3 is 229 Å². The third-order valence-electron chi connectivity index (χ3n) is 20.9. The van der Waals surface area contributed by atoms with Gasteiger partial charge in [0.2, 0.25) is 17.7 Å². The Labute approximate surface area is 639 Å². The number of aliphatic hydroxyl groups is 25. The zero-order valence-electron chi connectivity index (χ0n) is 60.8. The molecule has 9 saturated heterocycles. The molecule has 654 valence electrons. The van der Waals surface area contributed by atoms with Gasteiger partial charge in [-0.3, -0.25) is 14.4 Å². The van der Waals surface area contributed by atoms with Crippen LogP contribution in [-0.4, -0.2) is 484 Å². The van der Waals surface area contributed by atoms with Gasteiger partial charge in [-0.2, -0.15) is 0 Å². The molecule has 0 aromatic rings. The van der Waals surface area contributed by atoms with Gasteiger partial charge in [0.05, 0.1) is 70.6 Å². The van der Waals surface area contributed by atoms with E-state index in [0.29, 0.717) is 0 Å². The van der Waals surface area contributed by atoms with Gasteiger partial charge in [0, 0.05) is 27.2 Å². The van der Waals surface area contributed by atoms with Gasteiger partial charge in [-0.05, 0) is 13.8 Å². The summed E-state index contributed by atoms with van der Waals surface area (Å²) in [6.07, 6.45) is -89.5. The molecule has 50 nitrogen and oxygen atoms in total. The fourth-order valence-electron chi connectivity index (χ4n) is 14.5. The van der Waals surface area contributed by atoms with Crippen LogP contribution < -0.4 is 16.0 Å². The normalized spacial score (nSPS) is 49.2. The largest absolute Gasteiger partial charge is 0.477 e. The summed E-state index contributed by atoms with van der Waals surface area (Å²) >= 11 is 0. The number of aliphatic hydroxyl groups excluding tert-OH is 25. The van der Waals surface area contributed by atoms with Crippen LogP contribution in [0.4, 0.5) is 0 Å². The molecule has 3 amide bonds. The third-order valence-corrected chi connectivity index (χ3v) is 20.9. The molecule has 0 aromatic heterocycles. The van der Waals surface area contributed by atoms with E-state index in [2.05, 4.69) is 16.0 Å². The highest BCUT2D eigenvalue weighted by atomic mass is 16.8. The zero-order chi connectivity index (χ0) is 83.6. The van der Waals surface area contributed by atoms with Crippen LogP contribution in [0.2, 0.25) is 0 Å². The van der Waals surface area contributed by atoms with E-state index in [1.807, 2.05) is 0 Å². The second-order valence-corrected chi connectivity index (χ2v) is 28.9. The van der Waals surface area contributed by atoms with Crippen LogP contribution in [0.15, 0.2) is 0 Å². The van der Waals surface area contributed by atoms with Crippen LogP contribution in [0.3, 0.4) is 0 Å². The maximum atomic E-state index is 13.6. The van der Waals surface area contributed by atoms with Crippen molar-refractivity contribution in [3.63, 3.8) is 0 Å². The van der Waals surface area contributed by atoms with E-state index in [9.17, 15) is 152 Å². The standard InChI is InChI=1S/C63H105N3O47/c1-14-30(77)38(85)44(91)57(99-14)111-52-40(87)33(80)21(8-68)102-60(52)108-47-24(11-71)104-55(28(36(47)83)65-17(4)73)97-12-25-35(82)51(46(93)59(105-25)107-48-23(10-70)101-54(94)43(90)42(48)89)110-56-29(66-18(5)74)37(84)49(109-61-53(41(88)34(81)22(9-69)103-61)112-58-45(92)39(86)31(78)15(2)100-58)26(106-56)13-98-63(62(95)96)6-19(75)27(64-16(3)72)50(113-63)32(79)20(76)7-67/h14-15,19-61,67-71,75-94H,6-13H2,1-5H3,(H,64,72)(H,65,73)(H,66,74)(H,95,96)/t14-,15-,19+,20+,21+,22+,23-,24+,25-,26+,27-,28-,29+,30+,31+,32+,33-,34-,35+,36-,37+,38-,39-,40+,41+,42+,43+,44+,45+,46+,47+,48+,49-,50-,51+,52-,53-,54-,55+,56+,57-,58-,59?,60-,61-,63-/m1/s1. The molecule has 0 saturated carbocycles. The molecule has 9 aliphatic rings. The minimum Gasteiger partial charge on any atom is -0.477 e. The Morgan fingerprint density at radius 1 is 0.381 bits per heavy atom. The van der Waals surface area contributed by atoms with Crippen molar-refractivity contribution in [2.24, 2.45) is 0 Å². The van der Waals surface area contributed by atoms with Crippen molar-refractivity contribution in [2.45, 2.75) is 323 Å². The van der Waals surface area contributed by atoms with Crippen LogP contribution in [-0.2, 0) is 99.7 Å². The highest BCUT2D eigenvalue weighted by Crippen LogP contribution is 2.41. The summed E-state index contributed by atoms with van der Waals surface area (Å²) < 4.78 is 100. The Kier molecular flexibility index (Phi) is 32.6. The number of nitrogens with one attached hydrogen (secondary N) is 3. The van der Waals surface area contributed by atoms with Gasteiger partial charge in [-0.25, -0.2) is 4.79 Å². The number of hydrogen-bond acceptors (Lipinski definition) is 46. The predicted molar refractivity (Wildman–Crippen MR) is 346 cm³/mol. The Morgan fingerprint density at radius 2 is 0.770 bits per heavy atom. The predicted octanol–water partition coefficient (Wildman–Crippen LogP) is -18.9. The molecule has 9 aliphatic heterocycles. The Bertz CT molecular complexity index is 3040. The van der Waals surface area contributed by atoms with E-state index in [1.54, 1.807) is 0 Å². The number of hydrogen-bond donors (Lipinski definition) is 29. The van der Waals surface area contributed by atoms with Crippen molar-refractivity contribution in [3.05, 3.63) is 0 Å². The summed E-state index contributed by atoms with van der Waals surface area (Å²) in [4.78, 5) is 52.6. The van der Waals surface area contributed by atoms with Crippen molar-refractivity contribution >= 4 is 23.7 Å². The van der Waals surface area contributed by atoms with Crippen molar-refractivity contribution in [1.29, 1.82) is 0 Å². The average Bonchev–Trinajstić information content (AvgIpc) is 0.760. The maximum absolute atomic E-state index is 13.6. The minimum absolute atomic E-state index is 0.852. The molecule has 29 N–H and O–H groups in total. The summed E-state index contributed by atoms with van der Waals surface area (Å²) in [6.45, 7) is -3.06. The number of rotatable bonds is 29. The minimum atomic E-state index is -3.31. The molecule has 50 heteroatoms. The van der Waals surface area contributed by atoms with Crippen molar-refractivity contribution in [2.75, 3.05) is 46.2 Å². The first-order chi connectivity index (χ1) is 53.2. The van der Waals surface area contributed by atoms with Gasteiger partial charge in [-0.1, -0.05) is 0 Å². The molecule has 9 fully saturated rings. The maximum Gasteiger partial charge on any atom is 0.364 e. The summed E-state index contributed by atoms with van der Waals surface area (Å²) in [7, 11) is 0. The Hall–Kier alpha value is -3.80. The number of carbonyl (C=O) groups excluding carboxylic acids is 3. The van der Waals surface area contributed by atoms with E-state index in [-0.39, 0.29) is 0 Å². The summed E-state index contributed by atoms with van der Waals surface area (Å²) in [5.41, 5.74) is 0. The smallest absolute Gasteiger partial charge is 0.364 e. The molecular weight excluding hydrogens is 1550 g/mol. The molecule has 46 atom stereocenters. The first-order valence-corrected chi connectivity index (χ1v) is 36.0. The lowest BCUT2D eigenvalue weighted by molar-refractivity contribution is -0.396. The van der Waals surface area contributed by atoms with Crippen LogP contribution in [0, 0.1) is 0 Å². The molecule has 0 aromatic carbocycles. The van der Waals surface area contributed by atoms with Crippen LogP contribution in [0.5, 0.6) is 0 Å². The van der Waals surface area contributed by atoms with Gasteiger partial charge in [-0.15, -0.1) is 0 Å². The lowest BCUT2D eigenvalue weighted by atomic mass is 9.88. The number of carboxylic acid groups (broad SMARTS) is 1. The molecular formula is C63H105N3O47. The second kappa shape index (κ2) is 39.6. The molecule has 9 heterocycles. The lowest BCUT2D eigenvalue weighted by Crippen LogP contribution is -2.71. The molecule has 0 radical (unpaired) electrons. The third kappa shape index (κ3) is 20.3. The van der Waals surface area contributed by atoms with E-state index in [1.165, 1.54) is 13.8 Å². The van der Waals surface area contributed by atoms with Crippen LogP contribution in [0.25, 0.3) is 0 Å². The fraction of sp³-hybridized carbons (Fsp3) is 0.937. The Morgan fingerprint density at radius 3 is 1.24 bits per heavy atom. The number of carboxylic acids is 1. The molecule has 0 spiro atoms. The molecule has 1 unspecified atom stereocenters. The fourth-order valence-corrected chi connectivity index (χ4v) is 14.5. The monoisotopic (exact) mass is 1660 g/mol. The van der Waals surface area contributed by atoms with Crippen LogP contribution >= 0.6 is 0 Å². The molecule has 9 rings (SSSR count). The summed E-state index contributed by atoms with van der Waals surface area (Å²) in [6, 6.07) is -5.93. The quantitative estimate of drug-likeness (QED) is 0.0331. The van der Waals surface area contributed by atoms with Gasteiger partial charge in [0.25, 0.3) is 5.79 Å². The topological polar surface area (TPSA) is 787 Å². The van der Waals surface area contributed by atoms with Crippen LogP contribution in [0.1, 0.15) is 41.0 Å². The van der Waals surface area contributed by atoms with E-state index < -0.39 is 358 Å². The van der Waals surface area contributed by atoms with E-state index in [0.717, 1.165) is 20.8 Å². The number of aliphatic carboxylic acids is 1. The van der Waals surface area contributed by atoms with Crippen molar-refractivity contribution in [1.82, 2.24) is 16.0 Å². The van der Waals surface area contributed by atoms with Gasteiger partial charge >= 0.3 is 5.97 Å². The van der Waals surface area contributed by atoms with Gasteiger partial charge in [0.1, 0.15) is 201 Å². The SMILES string of the molecule is CC(=O)N[C@@H]1[C@H](O[C@H]2[C@@H](O)[C@@H](CO[C@H]3O[C@@H](CO)[C@H](O[C@H]4O[C@@H](CO)[C@@H](O)[C@H](O)[C@H]4O[C@H]4O[C@H](C)[C@H](O)[C@@H](O)[C@@H]4O)[C@H](O)[C@H]3NC(C)=O)OC(O[C@@H]3[C@@H](O)[C@H](O)[C@H](O)O[C@@H]3CO)[C@H]2O)O[C@@H](CO[C@]2(C(=O)O)C[C@H](O)[C@@H](NC(C)=O)[C@H]([C@@H](O)[C@@H](O)CO)O2)[C@@H](O[C@H]2O[C@@H](CO)[C@@H](O)[C@H](O)[C@H]2O[C@H]2O[C@H](C)[C@H](O)[C@@H](O)[C@@H]2O)[C@H]1O. The van der Waals surface area contributed by atoms with E-state index >= 15 is 0 Å². The lowest BCUT2D eigenvalue weighted by Gasteiger charge is -2.51. The first kappa shape index (κ1) is 93.1. The first-order valence-electron chi connectivity index (χ1n) is 36.0. The molecule has 0 aliphatic carbocycles. The van der Waals surface area contributed by atoms with Crippen molar-refractivity contribution < 1.29 is 232 Å². The number of amides is 3. The van der Waals surface area contributed by atoms with E-state index in [4.69, 9.17) is 80.5 Å². The highest BCUT2D eigenvalue weighted by molar-refractivity contribution is 5.77. The number of carbonyl (C=O) groups is 4. The molecule has 0 bridgehead atoms. The number of ether oxygens (including phenoxy) is 17. The zero-order valence-corrected chi connectivity index (χ0v) is 60.8. The summed E-state index contributed by atoms with van der Waals surface area (Å²) in [5, 5.41) is 295.